The average Bonchev–Trinajstić information content (AvgIpc) is 2.13. The van der Waals surface area contributed by atoms with Crippen molar-refractivity contribution in [1.29, 1.82) is 0 Å². The predicted molar refractivity (Wildman–Crippen MR) is 59.3 cm³/mol. The Labute approximate surface area is 87.7 Å². The lowest BCUT2D eigenvalue weighted by Gasteiger charge is -2.32. The molecule has 0 aromatic heterocycles. The molecule has 0 bridgehead atoms. The van der Waals surface area contributed by atoms with Gasteiger partial charge in [-0.3, -0.25) is 4.79 Å². The highest BCUT2D eigenvalue weighted by molar-refractivity contribution is 5.74. The van der Waals surface area contributed by atoms with Gasteiger partial charge in [0.15, 0.2) is 0 Å². The van der Waals surface area contributed by atoms with Gasteiger partial charge in [-0.1, -0.05) is 40.5 Å². The lowest BCUT2D eigenvalue weighted by molar-refractivity contribution is -0.152. The normalized spacial score (nSPS) is 15.9. The van der Waals surface area contributed by atoms with E-state index < -0.39 is 11.4 Å². The van der Waals surface area contributed by atoms with E-state index in [9.17, 15) is 9.90 Å². The fraction of sp³-hybridized carbons (Fsp3) is 0.917. The zero-order valence-corrected chi connectivity index (χ0v) is 10.1. The number of carboxylic acids is 1. The predicted octanol–water partition coefficient (Wildman–Crippen LogP) is 3.56. The van der Waals surface area contributed by atoms with Gasteiger partial charge in [0.05, 0.1) is 5.41 Å². The molecule has 0 aliphatic heterocycles. The highest BCUT2D eigenvalue weighted by atomic mass is 16.4. The summed E-state index contributed by atoms with van der Waals surface area (Å²) >= 11 is 0. The molecule has 84 valence electrons. The number of aliphatic carboxylic acids is 1. The topological polar surface area (TPSA) is 37.3 Å². The van der Waals surface area contributed by atoms with E-state index in [-0.39, 0.29) is 5.92 Å². The monoisotopic (exact) mass is 200 g/mol. The molecule has 0 spiro atoms. The lowest BCUT2D eigenvalue weighted by atomic mass is 9.71. The van der Waals surface area contributed by atoms with Gasteiger partial charge in [-0.25, -0.2) is 0 Å². The molecule has 0 amide bonds. The van der Waals surface area contributed by atoms with Crippen LogP contribution in [0, 0.1) is 17.3 Å². The summed E-state index contributed by atoms with van der Waals surface area (Å²) in [6.07, 6.45) is 2.95. The van der Waals surface area contributed by atoms with Crippen LogP contribution in [-0.4, -0.2) is 11.1 Å². The molecule has 1 N–H and O–H groups in total. The minimum Gasteiger partial charge on any atom is -0.481 e. The van der Waals surface area contributed by atoms with Crippen molar-refractivity contribution in [3.63, 3.8) is 0 Å². The third-order valence-corrected chi connectivity index (χ3v) is 3.63. The summed E-state index contributed by atoms with van der Waals surface area (Å²) in [4.78, 5) is 11.2. The number of carbonyl (C=O) groups is 1. The van der Waals surface area contributed by atoms with Gasteiger partial charge in [0.1, 0.15) is 0 Å². The summed E-state index contributed by atoms with van der Waals surface area (Å²) in [5.74, 6) is 0.0819. The van der Waals surface area contributed by atoms with Gasteiger partial charge < -0.3 is 5.11 Å². The fourth-order valence-corrected chi connectivity index (χ4v) is 1.75. The summed E-state index contributed by atoms with van der Waals surface area (Å²) in [5, 5.41) is 9.24. The quantitative estimate of drug-likeness (QED) is 0.711. The first-order chi connectivity index (χ1) is 6.38. The van der Waals surface area contributed by atoms with E-state index in [0.717, 1.165) is 19.3 Å². The molecular weight excluding hydrogens is 176 g/mol. The van der Waals surface area contributed by atoms with Crippen molar-refractivity contribution >= 4 is 5.97 Å². The van der Waals surface area contributed by atoms with E-state index >= 15 is 0 Å². The Morgan fingerprint density at radius 1 is 1.29 bits per heavy atom. The van der Waals surface area contributed by atoms with Crippen molar-refractivity contribution in [3.8, 4) is 0 Å². The molecule has 0 rings (SSSR count). The SMILES string of the molecule is CCC(CC)CC(C)(C(=O)O)C(C)C. The molecule has 1 atom stereocenters. The first kappa shape index (κ1) is 13.5. The summed E-state index contributed by atoms with van der Waals surface area (Å²) < 4.78 is 0. The van der Waals surface area contributed by atoms with Gasteiger partial charge >= 0.3 is 5.97 Å². The highest BCUT2D eigenvalue weighted by Crippen LogP contribution is 2.36. The molecule has 2 nitrogen and oxygen atoms in total. The minimum atomic E-state index is -0.653. The molecule has 0 aliphatic carbocycles. The Balaban J connectivity index is 4.60. The Bertz CT molecular complexity index is 183. The third-order valence-electron chi connectivity index (χ3n) is 3.63. The van der Waals surface area contributed by atoms with Gasteiger partial charge in [0.2, 0.25) is 0 Å². The first-order valence-corrected chi connectivity index (χ1v) is 5.61. The zero-order chi connectivity index (χ0) is 11.4. The molecule has 0 aromatic rings. The van der Waals surface area contributed by atoms with Gasteiger partial charge in [-0.2, -0.15) is 0 Å². The van der Waals surface area contributed by atoms with Crippen molar-refractivity contribution in [2.45, 2.75) is 53.9 Å². The maximum atomic E-state index is 11.2. The van der Waals surface area contributed by atoms with Crippen LogP contribution in [0.5, 0.6) is 0 Å². The summed E-state index contributed by atoms with van der Waals surface area (Å²) in [6.45, 7) is 10.1. The number of hydrogen-bond donors (Lipinski definition) is 1. The Kier molecular flexibility index (Phi) is 5.17. The Morgan fingerprint density at radius 2 is 1.71 bits per heavy atom. The van der Waals surface area contributed by atoms with Gasteiger partial charge in [-0.15, -0.1) is 0 Å². The zero-order valence-electron chi connectivity index (χ0n) is 10.1. The van der Waals surface area contributed by atoms with E-state index in [4.69, 9.17) is 0 Å². The van der Waals surface area contributed by atoms with Crippen LogP contribution in [0.3, 0.4) is 0 Å². The lowest BCUT2D eigenvalue weighted by Crippen LogP contribution is -2.35. The Morgan fingerprint density at radius 3 is 1.93 bits per heavy atom. The third kappa shape index (κ3) is 3.00. The van der Waals surface area contributed by atoms with E-state index in [1.54, 1.807) is 0 Å². The second kappa shape index (κ2) is 5.38. The van der Waals surface area contributed by atoms with Crippen molar-refractivity contribution < 1.29 is 9.90 Å². The van der Waals surface area contributed by atoms with Crippen LogP contribution in [0.2, 0.25) is 0 Å². The van der Waals surface area contributed by atoms with Crippen molar-refractivity contribution in [2.24, 2.45) is 17.3 Å². The molecule has 0 fully saturated rings. The maximum absolute atomic E-state index is 11.2. The van der Waals surface area contributed by atoms with E-state index in [2.05, 4.69) is 13.8 Å². The summed E-state index contributed by atoms with van der Waals surface area (Å²) in [7, 11) is 0. The number of rotatable bonds is 6. The van der Waals surface area contributed by atoms with E-state index in [0.29, 0.717) is 5.92 Å². The van der Waals surface area contributed by atoms with Gasteiger partial charge in [0.25, 0.3) is 0 Å². The molecule has 1 unspecified atom stereocenters. The molecule has 0 saturated heterocycles. The van der Waals surface area contributed by atoms with Crippen molar-refractivity contribution in [1.82, 2.24) is 0 Å². The molecule has 0 aromatic carbocycles. The molecule has 0 radical (unpaired) electrons. The smallest absolute Gasteiger partial charge is 0.309 e. The Hall–Kier alpha value is -0.530. The summed E-state index contributed by atoms with van der Waals surface area (Å²) in [5.41, 5.74) is -0.559. The van der Waals surface area contributed by atoms with Crippen LogP contribution in [0.25, 0.3) is 0 Å². The van der Waals surface area contributed by atoms with Crippen molar-refractivity contribution in [3.05, 3.63) is 0 Å². The van der Waals surface area contributed by atoms with Crippen LogP contribution in [-0.2, 0) is 4.79 Å². The largest absolute Gasteiger partial charge is 0.481 e. The number of hydrogen-bond acceptors (Lipinski definition) is 1. The average molecular weight is 200 g/mol. The highest BCUT2D eigenvalue weighted by Gasteiger charge is 2.37. The van der Waals surface area contributed by atoms with E-state index in [1.807, 2.05) is 20.8 Å². The van der Waals surface area contributed by atoms with Gasteiger partial charge in [0, 0.05) is 0 Å². The summed E-state index contributed by atoms with van der Waals surface area (Å²) in [6, 6.07) is 0. The fourth-order valence-electron chi connectivity index (χ4n) is 1.75. The maximum Gasteiger partial charge on any atom is 0.309 e. The molecule has 0 heterocycles. The van der Waals surface area contributed by atoms with Crippen LogP contribution < -0.4 is 0 Å². The molecule has 0 aliphatic rings. The van der Waals surface area contributed by atoms with E-state index in [1.165, 1.54) is 0 Å². The second-order valence-corrected chi connectivity index (χ2v) is 4.76. The van der Waals surface area contributed by atoms with Gasteiger partial charge in [-0.05, 0) is 25.2 Å². The van der Waals surface area contributed by atoms with Crippen molar-refractivity contribution in [2.75, 3.05) is 0 Å². The van der Waals surface area contributed by atoms with Crippen LogP contribution in [0.15, 0.2) is 0 Å². The molecule has 0 saturated carbocycles. The van der Waals surface area contributed by atoms with Crippen LogP contribution in [0.1, 0.15) is 53.9 Å². The first-order valence-electron chi connectivity index (χ1n) is 5.61. The molecule has 2 heteroatoms. The number of carboxylic acid groups (broad SMARTS) is 1. The molecular formula is C12H24O2. The molecule has 14 heavy (non-hydrogen) atoms. The standard InChI is InChI=1S/C12H24O2/c1-6-10(7-2)8-12(5,9(3)4)11(13)14/h9-10H,6-8H2,1-5H3,(H,13,14). The van der Waals surface area contributed by atoms with Crippen LogP contribution in [0.4, 0.5) is 0 Å². The van der Waals surface area contributed by atoms with Crippen LogP contribution >= 0.6 is 0 Å². The second-order valence-electron chi connectivity index (χ2n) is 4.76. The minimum absolute atomic E-state index is 0.195.